The lowest BCUT2D eigenvalue weighted by Crippen LogP contribution is -2.19. The van der Waals surface area contributed by atoms with Gasteiger partial charge in [-0.3, -0.25) is 4.98 Å². The van der Waals surface area contributed by atoms with E-state index in [1.807, 2.05) is 11.3 Å². The smallest absolute Gasteiger partial charge is 0.195 e. The van der Waals surface area contributed by atoms with Crippen molar-refractivity contribution in [2.24, 2.45) is 0 Å². The lowest BCUT2D eigenvalue weighted by Gasteiger charge is -2.18. The summed E-state index contributed by atoms with van der Waals surface area (Å²) in [5, 5.41) is 0. The van der Waals surface area contributed by atoms with Crippen molar-refractivity contribution < 1.29 is 0 Å². The fraction of sp³-hybridized carbons (Fsp3) is 0.727. The summed E-state index contributed by atoms with van der Waals surface area (Å²) in [4.78, 5) is 12.3. The van der Waals surface area contributed by atoms with Crippen molar-refractivity contribution in [2.75, 3.05) is 0 Å². The van der Waals surface area contributed by atoms with Gasteiger partial charge >= 0.3 is 0 Å². The SMILES string of the molecule is [B](c1nc2ccc(C3CCCCCCC3)nc2s1)C1CCCCCCC1. The van der Waals surface area contributed by atoms with Crippen LogP contribution in [0.15, 0.2) is 12.1 Å². The standard InChI is InChI=1S/C22H32BN2S/c1-3-7-11-17(12-8-4-1)19-15-16-20-21(24-19)26-22(25-20)23-18-13-9-5-2-6-10-14-18/h15-18H,1-14H2. The van der Waals surface area contributed by atoms with Crippen LogP contribution >= 0.6 is 11.3 Å². The molecular weight excluding hydrogens is 335 g/mol. The predicted octanol–water partition coefficient (Wildman–Crippen LogP) is 6.38. The number of fused-ring (bicyclic) bond motifs is 1. The van der Waals surface area contributed by atoms with Crippen LogP contribution in [-0.2, 0) is 0 Å². The maximum Gasteiger partial charge on any atom is 0.195 e. The molecule has 0 N–H and O–H groups in total. The zero-order valence-electron chi connectivity index (χ0n) is 16.1. The molecule has 2 aliphatic carbocycles. The lowest BCUT2D eigenvalue weighted by atomic mass is 9.60. The molecule has 2 heterocycles. The van der Waals surface area contributed by atoms with E-state index in [4.69, 9.17) is 9.97 Å². The van der Waals surface area contributed by atoms with Crippen molar-refractivity contribution in [2.45, 2.75) is 102 Å². The zero-order chi connectivity index (χ0) is 17.6. The first-order valence-electron chi connectivity index (χ1n) is 11.0. The third-order valence-electron chi connectivity index (χ3n) is 6.35. The average molecular weight is 367 g/mol. The van der Waals surface area contributed by atoms with Gasteiger partial charge in [0.2, 0.25) is 0 Å². The van der Waals surface area contributed by atoms with Crippen LogP contribution in [-0.4, -0.2) is 17.2 Å². The third-order valence-corrected chi connectivity index (χ3v) is 7.28. The summed E-state index contributed by atoms with van der Waals surface area (Å²) in [7, 11) is 2.45. The minimum Gasteiger partial charge on any atom is -0.251 e. The Morgan fingerprint density at radius 1 is 0.731 bits per heavy atom. The summed E-state index contributed by atoms with van der Waals surface area (Å²) < 4.78 is 0. The summed E-state index contributed by atoms with van der Waals surface area (Å²) >= 11 is 1.81. The molecule has 2 fully saturated rings. The molecule has 139 valence electrons. The monoisotopic (exact) mass is 367 g/mol. The van der Waals surface area contributed by atoms with Gasteiger partial charge in [-0.1, -0.05) is 82.9 Å². The summed E-state index contributed by atoms with van der Waals surface area (Å²) in [6.45, 7) is 0. The van der Waals surface area contributed by atoms with Crippen LogP contribution in [0.4, 0.5) is 0 Å². The largest absolute Gasteiger partial charge is 0.251 e. The van der Waals surface area contributed by atoms with E-state index in [1.165, 1.54) is 100 Å². The van der Waals surface area contributed by atoms with Crippen LogP contribution in [0.2, 0.25) is 5.82 Å². The maximum absolute atomic E-state index is 5.05. The second-order valence-corrected chi connectivity index (χ2v) is 9.44. The fourth-order valence-electron chi connectivity index (χ4n) is 4.75. The highest BCUT2D eigenvalue weighted by molar-refractivity contribution is 7.26. The second kappa shape index (κ2) is 9.35. The van der Waals surface area contributed by atoms with Crippen molar-refractivity contribution in [1.82, 2.24) is 9.97 Å². The number of hydrogen-bond acceptors (Lipinski definition) is 3. The molecule has 0 saturated heterocycles. The Labute approximate surface area is 163 Å². The fourth-order valence-corrected chi connectivity index (χ4v) is 5.73. The van der Waals surface area contributed by atoms with Gasteiger partial charge in [-0.25, -0.2) is 4.98 Å². The van der Waals surface area contributed by atoms with Gasteiger partial charge in [0.25, 0.3) is 0 Å². The van der Waals surface area contributed by atoms with E-state index in [2.05, 4.69) is 19.4 Å². The number of rotatable bonds is 3. The summed E-state index contributed by atoms with van der Waals surface area (Å²) in [5.41, 5.74) is 2.42. The van der Waals surface area contributed by atoms with E-state index in [0.29, 0.717) is 5.92 Å². The lowest BCUT2D eigenvalue weighted by molar-refractivity contribution is 0.450. The Kier molecular flexibility index (Phi) is 6.64. The van der Waals surface area contributed by atoms with E-state index < -0.39 is 0 Å². The van der Waals surface area contributed by atoms with Crippen LogP contribution in [0.5, 0.6) is 0 Å². The first-order valence-corrected chi connectivity index (χ1v) is 11.8. The summed E-state index contributed by atoms with van der Waals surface area (Å²) in [6, 6.07) is 4.48. The molecule has 0 unspecified atom stereocenters. The van der Waals surface area contributed by atoms with Crippen LogP contribution in [0.1, 0.15) is 102 Å². The van der Waals surface area contributed by atoms with Crippen molar-refractivity contribution in [3.8, 4) is 0 Å². The molecule has 0 atom stereocenters. The van der Waals surface area contributed by atoms with Crippen LogP contribution in [0.25, 0.3) is 10.3 Å². The molecule has 4 heteroatoms. The number of hydrogen-bond donors (Lipinski definition) is 0. The van der Waals surface area contributed by atoms with Gasteiger partial charge in [0.15, 0.2) is 7.28 Å². The van der Waals surface area contributed by atoms with Crippen molar-refractivity contribution in [3.05, 3.63) is 17.8 Å². The minimum atomic E-state index is 0.667. The predicted molar refractivity (Wildman–Crippen MR) is 114 cm³/mol. The maximum atomic E-state index is 5.05. The number of pyridine rings is 1. The Morgan fingerprint density at radius 3 is 2.04 bits per heavy atom. The Hall–Kier alpha value is -0.895. The molecule has 4 rings (SSSR count). The van der Waals surface area contributed by atoms with Crippen molar-refractivity contribution in [3.63, 3.8) is 0 Å². The van der Waals surface area contributed by atoms with E-state index in [1.54, 1.807) is 0 Å². The molecule has 2 aromatic rings. The molecule has 0 aliphatic heterocycles. The van der Waals surface area contributed by atoms with Gasteiger partial charge in [-0.15, -0.1) is 11.3 Å². The molecule has 2 aromatic heterocycles. The molecule has 2 aliphatic rings. The Morgan fingerprint density at radius 2 is 1.35 bits per heavy atom. The molecule has 2 nitrogen and oxygen atoms in total. The normalized spacial score (nSPS) is 21.7. The molecule has 1 radical (unpaired) electrons. The van der Waals surface area contributed by atoms with Gasteiger partial charge in [0.05, 0.1) is 5.52 Å². The molecule has 0 spiro atoms. The molecule has 26 heavy (non-hydrogen) atoms. The van der Waals surface area contributed by atoms with E-state index in [-0.39, 0.29) is 0 Å². The highest BCUT2D eigenvalue weighted by Crippen LogP contribution is 2.31. The molecule has 0 amide bonds. The highest BCUT2D eigenvalue weighted by Gasteiger charge is 2.19. The van der Waals surface area contributed by atoms with Gasteiger partial charge in [0.1, 0.15) is 4.83 Å². The highest BCUT2D eigenvalue weighted by atomic mass is 32.1. The Bertz CT molecular complexity index is 683. The summed E-state index contributed by atoms with van der Waals surface area (Å²) in [6.07, 6.45) is 19.3. The third kappa shape index (κ3) is 4.88. The van der Waals surface area contributed by atoms with Gasteiger partial charge in [-0.05, 0) is 25.0 Å². The van der Waals surface area contributed by atoms with Crippen molar-refractivity contribution >= 4 is 33.9 Å². The molecule has 0 bridgehead atoms. The quantitative estimate of drug-likeness (QED) is 0.588. The van der Waals surface area contributed by atoms with Crippen LogP contribution in [0.3, 0.4) is 0 Å². The number of aromatic nitrogens is 2. The van der Waals surface area contributed by atoms with E-state index >= 15 is 0 Å². The van der Waals surface area contributed by atoms with E-state index in [0.717, 1.165) is 16.2 Å². The van der Waals surface area contributed by atoms with Crippen LogP contribution in [0, 0.1) is 0 Å². The zero-order valence-corrected chi connectivity index (χ0v) is 16.9. The Balaban J connectivity index is 1.46. The number of nitrogens with zero attached hydrogens (tertiary/aromatic N) is 2. The van der Waals surface area contributed by atoms with Gasteiger partial charge < -0.3 is 0 Å². The topological polar surface area (TPSA) is 25.8 Å². The molecule has 2 saturated carbocycles. The van der Waals surface area contributed by atoms with Gasteiger partial charge in [0, 0.05) is 16.5 Å². The minimum absolute atomic E-state index is 0.667. The van der Waals surface area contributed by atoms with Crippen molar-refractivity contribution in [1.29, 1.82) is 0 Å². The van der Waals surface area contributed by atoms with Gasteiger partial charge in [-0.2, -0.15) is 0 Å². The summed E-state index contributed by atoms with van der Waals surface area (Å²) in [5.74, 6) is 1.39. The molecular formula is C22H32BN2S. The number of thiazole rings is 1. The molecule has 0 aromatic carbocycles. The van der Waals surface area contributed by atoms with Crippen LogP contribution < -0.4 is 4.91 Å². The first kappa shape index (κ1) is 18.5. The first-order chi connectivity index (χ1) is 12.9. The average Bonchev–Trinajstić information content (AvgIpc) is 2.98. The second-order valence-electron chi connectivity index (χ2n) is 8.43. The van der Waals surface area contributed by atoms with E-state index in [9.17, 15) is 0 Å².